The van der Waals surface area contributed by atoms with Crippen LogP contribution in [0, 0.1) is 0 Å². The van der Waals surface area contributed by atoms with E-state index in [0.29, 0.717) is 5.56 Å². The monoisotopic (exact) mass is 661 g/mol. The zero-order valence-electron chi connectivity index (χ0n) is 28.4. The molecule has 3 unspecified atom stereocenters. The maximum atomic E-state index is 14.5. The van der Waals surface area contributed by atoms with Gasteiger partial charge in [0.05, 0.1) is 6.61 Å². The fraction of sp³-hybridized carbons (Fsp3) is 0.405. The van der Waals surface area contributed by atoms with Crippen LogP contribution in [0.15, 0.2) is 84.9 Å². The van der Waals surface area contributed by atoms with E-state index in [1.54, 1.807) is 90.1 Å². The molecular weight excluding hydrogens is 614 g/mol. The van der Waals surface area contributed by atoms with Crippen LogP contribution < -0.4 is 10.6 Å². The molecule has 3 amide bonds. The number of carbonyl (C=O) groups is 4. The van der Waals surface area contributed by atoms with Gasteiger partial charge < -0.3 is 35.2 Å². The van der Waals surface area contributed by atoms with Crippen molar-refractivity contribution in [2.24, 2.45) is 0 Å². The highest BCUT2D eigenvalue weighted by Gasteiger charge is 2.39. The summed E-state index contributed by atoms with van der Waals surface area (Å²) in [6.45, 7) is 9.31. The first-order chi connectivity index (χ1) is 22.6. The van der Waals surface area contributed by atoms with Crippen LogP contribution in [0.1, 0.15) is 64.3 Å². The van der Waals surface area contributed by atoms with Gasteiger partial charge in [-0.05, 0) is 58.7 Å². The van der Waals surface area contributed by atoms with Gasteiger partial charge in [-0.25, -0.2) is 9.59 Å². The SMILES string of the molecule is CC(C)(C)OC(=O)NC(Cc1ccccc1)C(=O)N(CCO)C(C(=O)NC(Cc1ccccc1)C(=O)OC(C)(C)C)c1ccccc1O. The molecule has 258 valence electrons. The number of hydrogen-bond donors (Lipinski definition) is 4. The zero-order chi connectivity index (χ0) is 35.5. The van der Waals surface area contributed by atoms with Crippen LogP contribution in [0.3, 0.4) is 0 Å². The number of nitrogens with zero attached hydrogens (tertiary/aromatic N) is 1. The van der Waals surface area contributed by atoms with Crippen LogP contribution in [0.2, 0.25) is 0 Å². The number of carbonyl (C=O) groups excluding carboxylic acids is 4. The third-order valence-electron chi connectivity index (χ3n) is 6.98. The molecular formula is C37H47N3O8. The molecule has 48 heavy (non-hydrogen) atoms. The number of aliphatic hydroxyl groups excluding tert-OH is 1. The fourth-order valence-electron chi connectivity index (χ4n) is 5.01. The van der Waals surface area contributed by atoms with E-state index in [-0.39, 0.29) is 30.7 Å². The Balaban J connectivity index is 2.08. The number of nitrogens with one attached hydrogen (secondary N) is 2. The van der Waals surface area contributed by atoms with E-state index >= 15 is 0 Å². The molecule has 0 radical (unpaired) electrons. The minimum absolute atomic E-state index is 0.0322. The molecule has 3 rings (SSSR count). The molecule has 3 atom stereocenters. The van der Waals surface area contributed by atoms with Crippen LogP contribution in [0.5, 0.6) is 5.75 Å². The third kappa shape index (κ3) is 11.7. The van der Waals surface area contributed by atoms with Crippen LogP contribution in [-0.4, -0.2) is 75.4 Å². The second-order valence-corrected chi connectivity index (χ2v) is 13.4. The van der Waals surface area contributed by atoms with Gasteiger partial charge in [0.15, 0.2) is 0 Å². The lowest BCUT2D eigenvalue weighted by molar-refractivity contribution is -0.159. The lowest BCUT2D eigenvalue weighted by Gasteiger charge is -2.35. The number of esters is 1. The fourth-order valence-corrected chi connectivity index (χ4v) is 5.01. The molecule has 0 fully saturated rings. The number of ether oxygens (including phenoxy) is 2. The maximum Gasteiger partial charge on any atom is 0.408 e. The standard InChI is InChI=1S/C37H47N3O8/c1-36(2,3)47-34(45)29(24-26-17-11-8-12-18-26)38-32(43)31(27-19-13-14-20-30(27)42)40(21-22-41)33(44)28(23-25-15-9-7-10-16-25)39-35(46)48-37(4,5)6/h7-20,28-29,31,41-42H,21-24H2,1-6H3,(H,38,43)(H,39,46). The molecule has 3 aromatic rings. The molecule has 11 heteroatoms. The highest BCUT2D eigenvalue weighted by Crippen LogP contribution is 2.30. The van der Waals surface area contributed by atoms with Crippen molar-refractivity contribution >= 4 is 23.9 Å². The summed E-state index contributed by atoms with van der Waals surface area (Å²) in [5.41, 5.74) is -0.198. The summed E-state index contributed by atoms with van der Waals surface area (Å²) in [6, 6.07) is 20.1. The number of benzene rings is 3. The second-order valence-electron chi connectivity index (χ2n) is 13.4. The van der Waals surface area contributed by atoms with Crippen LogP contribution >= 0.6 is 0 Å². The Labute approximate surface area is 282 Å². The Hall–Kier alpha value is -4.90. The molecule has 0 heterocycles. The van der Waals surface area contributed by atoms with Crippen LogP contribution in [0.4, 0.5) is 4.79 Å². The van der Waals surface area contributed by atoms with Gasteiger partial charge in [-0.2, -0.15) is 0 Å². The van der Waals surface area contributed by atoms with E-state index in [0.717, 1.165) is 10.5 Å². The molecule has 4 N–H and O–H groups in total. The summed E-state index contributed by atoms with van der Waals surface area (Å²) in [4.78, 5) is 56.3. The Morgan fingerprint density at radius 3 is 1.71 bits per heavy atom. The Morgan fingerprint density at radius 1 is 0.708 bits per heavy atom. The highest BCUT2D eigenvalue weighted by atomic mass is 16.6. The van der Waals surface area contributed by atoms with Crippen molar-refractivity contribution in [3.05, 3.63) is 102 Å². The van der Waals surface area contributed by atoms with Gasteiger partial charge in [0, 0.05) is 24.9 Å². The summed E-state index contributed by atoms with van der Waals surface area (Å²) in [6.07, 6.45) is -0.735. The molecule has 0 aliphatic carbocycles. The number of aliphatic hydroxyl groups is 1. The minimum Gasteiger partial charge on any atom is -0.508 e. The van der Waals surface area contributed by atoms with Gasteiger partial charge in [-0.3, -0.25) is 9.59 Å². The molecule has 0 bridgehead atoms. The van der Waals surface area contributed by atoms with Crippen molar-refractivity contribution in [3.8, 4) is 5.75 Å². The minimum atomic E-state index is -1.52. The number of phenolic OH excluding ortho intramolecular Hbond substituents is 1. The Morgan fingerprint density at radius 2 is 1.21 bits per heavy atom. The molecule has 3 aromatic carbocycles. The lowest BCUT2D eigenvalue weighted by atomic mass is 9.98. The third-order valence-corrected chi connectivity index (χ3v) is 6.98. The summed E-state index contributed by atoms with van der Waals surface area (Å²) in [5.74, 6) is -2.51. The molecule has 0 saturated heterocycles. The average molecular weight is 662 g/mol. The van der Waals surface area contributed by atoms with E-state index in [1.165, 1.54) is 12.1 Å². The molecule has 0 saturated carbocycles. The predicted molar refractivity (Wildman–Crippen MR) is 181 cm³/mol. The molecule has 0 aliphatic rings. The van der Waals surface area contributed by atoms with Crippen molar-refractivity contribution in [2.45, 2.75) is 83.7 Å². The summed E-state index contributed by atoms with van der Waals surface area (Å²) in [7, 11) is 0. The number of alkyl carbamates (subject to hydrolysis) is 1. The first kappa shape index (κ1) is 37.6. The molecule has 0 spiro atoms. The number of rotatable bonds is 13. The Kier molecular flexibility index (Phi) is 13.1. The van der Waals surface area contributed by atoms with Crippen LogP contribution in [-0.2, 0) is 36.7 Å². The van der Waals surface area contributed by atoms with Crippen molar-refractivity contribution in [1.82, 2.24) is 15.5 Å². The van der Waals surface area contributed by atoms with E-state index in [9.17, 15) is 29.4 Å². The smallest absolute Gasteiger partial charge is 0.408 e. The molecule has 11 nitrogen and oxygen atoms in total. The van der Waals surface area contributed by atoms with Crippen molar-refractivity contribution in [2.75, 3.05) is 13.2 Å². The number of hydrogen-bond acceptors (Lipinski definition) is 8. The first-order valence-corrected chi connectivity index (χ1v) is 15.9. The van der Waals surface area contributed by atoms with Gasteiger partial charge in [-0.15, -0.1) is 0 Å². The quantitative estimate of drug-likeness (QED) is 0.196. The van der Waals surface area contributed by atoms with Gasteiger partial charge >= 0.3 is 12.1 Å². The normalized spacial score (nSPS) is 13.4. The topological polar surface area (TPSA) is 154 Å². The average Bonchev–Trinajstić information content (AvgIpc) is 3.00. The van der Waals surface area contributed by atoms with Gasteiger partial charge in [-0.1, -0.05) is 78.9 Å². The van der Waals surface area contributed by atoms with E-state index in [1.807, 2.05) is 24.3 Å². The number of para-hydroxylation sites is 1. The number of amides is 3. The predicted octanol–water partition coefficient (Wildman–Crippen LogP) is 4.46. The molecule has 0 aromatic heterocycles. The van der Waals surface area contributed by atoms with Crippen molar-refractivity contribution < 1.29 is 38.9 Å². The van der Waals surface area contributed by atoms with Gasteiger partial charge in [0.1, 0.15) is 35.1 Å². The van der Waals surface area contributed by atoms with E-state index in [4.69, 9.17) is 9.47 Å². The first-order valence-electron chi connectivity index (χ1n) is 15.9. The summed E-state index contributed by atoms with van der Waals surface area (Å²) >= 11 is 0. The van der Waals surface area contributed by atoms with Crippen molar-refractivity contribution in [3.63, 3.8) is 0 Å². The number of aromatic hydroxyl groups is 1. The molecule has 0 aliphatic heterocycles. The van der Waals surface area contributed by atoms with Gasteiger partial charge in [0.25, 0.3) is 0 Å². The lowest BCUT2D eigenvalue weighted by Crippen LogP contribution is -2.56. The van der Waals surface area contributed by atoms with E-state index < -0.39 is 59.8 Å². The largest absolute Gasteiger partial charge is 0.508 e. The zero-order valence-corrected chi connectivity index (χ0v) is 28.4. The van der Waals surface area contributed by atoms with E-state index in [2.05, 4.69) is 10.6 Å². The number of phenols is 1. The van der Waals surface area contributed by atoms with Crippen LogP contribution in [0.25, 0.3) is 0 Å². The highest BCUT2D eigenvalue weighted by molar-refractivity contribution is 5.94. The van der Waals surface area contributed by atoms with Gasteiger partial charge in [0.2, 0.25) is 11.8 Å². The maximum absolute atomic E-state index is 14.5. The van der Waals surface area contributed by atoms with Crippen molar-refractivity contribution in [1.29, 1.82) is 0 Å². The summed E-state index contributed by atoms with van der Waals surface area (Å²) < 4.78 is 11.1. The Bertz CT molecular complexity index is 1520. The summed E-state index contributed by atoms with van der Waals surface area (Å²) in [5, 5.41) is 26.5. The second kappa shape index (κ2) is 16.8.